The molecule has 1 atom stereocenters. The van der Waals surface area contributed by atoms with Crippen molar-refractivity contribution in [2.24, 2.45) is 5.41 Å². The van der Waals surface area contributed by atoms with Gasteiger partial charge in [-0.1, -0.05) is 13.8 Å². The van der Waals surface area contributed by atoms with Crippen LogP contribution in [0.1, 0.15) is 40.0 Å². The van der Waals surface area contributed by atoms with Crippen LogP contribution in [0.5, 0.6) is 0 Å². The van der Waals surface area contributed by atoms with E-state index in [-0.39, 0.29) is 12.1 Å². The van der Waals surface area contributed by atoms with Crippen molar-refractivity contribution >= 4 is 6.03 Å². The largest absolute Gasteiger partial charge is 0.334 e. The van der Waals surface area contributed by atoms with Gasteiger partial charge < -0.3 is 10.2 Å². The quantitative estimate of drug-likeness (QED) is 0.919. The second-order valence-corrected chi connectivity index (χ2v) is 6.47. The van der Waals surface area contributed by atoms with Crippen molar-refractivity contribution < 1.29 is 4.79 Å². The van der Waals surface area contributed by atoms with Gasteiger partial charge in [-0.3, -0.25) is 4.68 Å². The number of nitrogens with zero attached hydrogens (tertiary/aromatic N) is 4. The van der Waals surface area contributed by atoms with E-state index in [0.717, 1.165) is 25.9 Å². The van der Waals surface area contributed by atoms with E-state index < -0.39 is 0 Å². The molecule has 2 amide bonds. The van der Waals surface area contributed by atoms with Crippen molar-refractivity contribution in [2.45, 2.75) is 52.6 Å². The van der Waals surface area contributed by atoms with Gasteiger partial charge in [-0.2, -0.15) is 5.10 Å². The summed E-state index contributed by atoms with van der Waals surface area (Å²) < 4.78 is 1.73. The number of amides is 2. The summed E-state index contributed by atoms with van der Waals surface area (Å²) in [4.78, 5) is 18.1. The number of carbonyl (C=O) groups is 1. The third kappa shape index (κ3) is 4.21. The van der Waals surface area contributed by atoms with Crippen LogP contribution in [0.15, 0.2) is 12.7 Å². The predicted molar refractivity (Wildman–Crippen MR) is 77.2 cm³/mol. The first kappa shape index (κ1) is 14.8. The Kier molecular flexibility index (Phi) is 4.62. The van der Waals surface area contributed by atoms with Crippen LogP contribution in [-0.2, 0) is 6.54 Å². The molecule has 1 aliphatic rings. The van der Waals surface area contributed by atoms with Crippen LogP contribution in [0.25, 0.3) is 0 Å². The minimum atomic E-state index is 0.0373. The highest BCUT2D eigenvalue weighted by atomic mass is 16.2. The number of aromatic nitrogens is 3. The summed E-state index contributed by atoms with van der Waals surface area (Å²) in [6.07, 6.45) is 6.50. The number of hydrogen-bond acceptors (Lipinski definition) is 3. The maximum absolute atomic E-state index is 12.3. The first-order valence-corrected chi connectivity index (χ1v) is 7.34. The van der Waals surface area contributed by atoms with Crippen LogP contribution >= 0.6 is 0 Å². The van der Waals surface area contributed by atoms with Crippen LogP contribution in [0.2, 0.25) is 0 Å². The van der Waals surface area contributed by atoms with E-state index >= 15 is 0 Å². The number of carbonyl (C=O) groups excluding carboxylic acids is 1. The Morgan fingerprint density at radius 1 is 1.40 bits per heavy atom. The van der Waals surface area contributed by atoms with Crippen molar-refractivity contribution in [1.29, 1.82) is 0 Å². The van der Waals surface area contributed by atoms with Gasteiger partial charge in [0, 0.05) is 19.1 Å². The standard InChI is InChI=1S/C14H25N5O/c1-12(9-19-11-15-10-16-19)17-13(20)18-7-4-5-14(2,3)6-8-18/h10-12H,4-9H2,1-3H3,(H,17,20). The van der Waals surface area contributed by atoms with Crippen molar-refractivity contribution in [3.8, 4) is 0 Å². The van der Waals surface area contributed by atoms with Gasteiger partial charge in [0.2, 0.25) is 0 Å². The first-order chi connectivity index (χ1) is 9.46. The lowest BCUT2D eigenvalue weighted by molar-refractivity contribution is 0.192. The Bertz CT molecular complexity index is 429. The van der Waals surface area contributed by atoms with Gasteiger partial charge in [0.15, 0.2) is 0 Å². The predicted octanol–water partition coefficient (Wildman–Crippen LogP) is 1.89. The highest BCUT2D eigenvalue weighted by Crippen LogP contribution is 2.29. The lowest BCUT2D eigenvalue weighted by Gasteiger charge is -2.25. The monoisotopic (exact) mass is 279 g/mol. The zero-order valence-electron chi connectivity index (χ0n) is 12.7. The Labute approximate surface area is 120 Å². The fourth-order valence-electron chi connectivity index (χ4n) is 2.58. The normalized spacial score (nSPS) is 20.2. The van der Waals surface area contributed by atoms with Gasteiger partial charge in [-0.25, -0.2) is 9.78 Å². The summed E-state index contributed by atoms with van der Waals surface area (Å²) >= 11 is 0. The highest BCUT2D eigenvalue weighted by Gasteiger charge is 2.25. The van der Waals surface area contributed by atoms with E-state index in [9.17, 15) is 4.79 Å². The molecule has 1 unspecified atom stereocenters. The second-order valence-electron chi connectivity index (χ2n) is 6.47. The summed E-state index contributed by atoms with van der Waals surface area (Å²) in [5.74, 6) is 0. The molecule has 1 aromatic rings. The zero-order valence-corrected chi connectivity index (χ0v) is 12.7. The van der Waals surface area contributed by atoms with Crippen LogP contribution in [0.4, 0.5) is 4.79 Å². The van der Waals surface area contributed by atoms with Gasteiger partial charge in [-0.05, 0) is 31.6 Å². The molecular weight excluding hydrogens is 254 g/mol. The molecule has 1 aliphatic heterocycles. The highest BCUT2D eigenvalue weighted by molar-refractivity contribution is 5.74. The number of likely N-dealkylation sites (tertiary alicyclic amines) is 1. The third-order valence-corrected chi connectivity index (χ3v) is 3.92. The molecule has 6 nitrogen and oxygen atoms in total. The Hall–Kier alpha value is -1.59. The molecule has 0 aromatic carbocycles. The number of nitrogens with one attached hydrogen (secondary N) is 1. The molecule has 0 radical (unpaired) electrons. The maximum Gasteiger partial charge on any atom is 0.317 e. The smallest absolute Gasteiger partial charge is 0.317 e. The molecular formula is C14H25N5O. The zero-order chi connectivity index (χ0) is 14.6. The van der Waals surface area contributed by atoms with E-state index in [0.29, 0.717) is 12.0 Å². The van der Waals surface area contributed by atoms with Crippen molar-refractivity contribution in [1.82, 2.24) is 25.0 Å². The summed E-state index contributed by atoms with van der Waals surface area (Å²) in [7, 11) is 0. The fourth-order valence-corrected chi connectivity index (χ4v) is 2.58. The second kappa shape index (κ2) is 6.24. The van der Waals surface area contributed by atoms with E-state index in [2.05, 4.69) is 29.2 Å². The Morgan fingerprint density at radius 3 is 2.90 bits per heavy atom. The summed E-state index contributed by atoms with van der Waals surface area (Å²) in [5, 5.41) is 7.09. The van der Waals surface area contributed by atoms with Crippen LogP contribution in [-0.4, -0.2) is 44.8 Å². The number of rotatable bonds is 3. The average molecular weight is 279 g/mol. The molecule has 2 heterocycles. The first-order valence-electron chi connectivity index (χ1n) is 7.34. The summed E-state index contributed by atoms with van der Waals surface area (Å²) in [6.45, 7) is 8.89. The molecule has 1 saturated heterocycles. The van der Waals surface area contributed by atoms with Crippen LogP contribution in [0, 0.1) is 5.41 Å². The van der Waals surface area contributed by atoms with Gasteiger partial charge in [0.25, 0.3) is 0 Å². The van der Waals surface area contributed by atoms with E-state index in [1.54, 1.807) is 11.0 Å². The summed E-state index contributed by atoms with van der Waals surface area (Å²) in [6, 6.07) is 0.0794. The number of urea groups is 1. The van der Waals surface area contributed by atoms with E-state index in [1.165, 1.54) is 12.7 Å². The average Bonchev–Trinajstić information content (AvgIpc) is 2.78. The van der Waals surface area contributed by atoms with Gasteiger partial charge in [0.1, 0.15) is 12.7 Å². The van der Waals surface area contributed by atoms with Crippen LogP contribution in [0.3, 0.4) is 0 Å². The fraction of sp³-hybridized carbons (Fsp3) is 0.786. The molecule has 0 bridgehead atoms. The molecule has 112 valence electrons. The van der Waals surface area contributed by atoms with E-state index in [4.69, 9.17) is 0 Å². The minimum Gasteiger partial charge on any atom is -0.334 e. The molecule has 0 spiro atoms. The Balaban J connectivity index is 1.82. The molecule has 0 aliphatic carbocycles. The maximum atomic E-state index is 12.3. The number of hydrogen-bond donors (Lipinski definition) is 1. The van der Waals surface area contributed by atoms with Crippen molar-refractivity contribution in [3.05, 3.63) is 12.7 Å². The van der Waals surface area contributed by atoms with Gasteiger partial charge >= 0.3 is 6.03 Å². The SMILES string of the molecule is CC(Cn1cncn1)NC(=O)N1CCCC(C)(C)CC1. The minimum absolute atomic E-state index is 0.0373. The van der Waals surface area contributed by atoms with Gasteiger partial charge in [0.05, 0.1) is 6.54 Å². The molecule has 0 saturated carbocycles. The molecule has 1 fully saturated rings. The van der Waals surface area contributed by atoms with Crippen molar-refractivity contribution in [2.75, 3.05) is 13.1 Å². The van der Waals surface area contributed by atoms with Crippen LogP contribution < -0.4 is 5.32 Å². The lowest BCUT2D eigenvalue weighted by atomic mass is 9.85. The topological polar surface area (TPSA) is 63.1 Å². The molecule has 6 heteroatoms. The summed E-state index contributed by atoms with van der Waals surface area (Å²) in [5.41, 5.74) is 0.349. The third-order valence-electron chi connectivity index (χ3n) is 3.92. The molecule has 1 aromatic heterocycles. The van der Waals surface area contributed by atoms with Crippen molar-refractivity contribution in [3.63, 3.8) is 0 Å². The Morgan fingerprint density at radius 2 is 2.20 bits per heavy atom. The molecule has 1 N–H and O–H groups in total. The molecule has 20 heavy (non-hydrogen) atoms. The van der Waals surface area contributed by atoms with Gasteiger partial charge in [-0.15, -0.1) is 0 Å². The lowest BCUT2D eigenvalue weighted by Crippen LogP contribution is -2.45. The van der Waals surface area contributed by atoms with E-state index in [1.807, 2.05) is 11.8 Å². The molecule has 2 rings (SSSR count).